The van der Waals surface area contributed by atoms with Crippen LogP contribution in [0.2, 0.25) is 0 Å². The van der Waals surface area contributed by atoms with Gasteiger partial charge < -0.3 is 44.4 Å². The minimum Gasteiger partial charge on any atom is -0.530 e. The monoisotopic (exact) mass is 693 g/mol. The van der Waals surface area contributed by atoms with Crippen molar-refractivity contribution in [1.82, 2.24) is 14.7 Å². The van der Waals surface area contributed by atoms with Crippen LogP contribution in [0.5, 0.6) is 0 Å². The fraction of sp³-hybridized carbons (Fsp3) is 0.703. The molecule has 9 nitrogen and oxygen atoms in total. The molecule has 266 valence electrons. The zero-order valence-electron chi connectivity index (χ0n) is 30.5. The Labute approximate surface area is 298 Å². The van der Waals surface area contributed by atoms with Crippen LogP contribution in [-0.2, 0) is 20.4 Å². The maximum absolute atomic E-state index is 10.5. The van der Waals surface area contributed by atoms with Crippen LogP contribution < -0.4 is 15.3 Å². The molecule has 0 bridgehead atoms. The average Bonchev–Trinajstić information content (AvgIpc) is 3.34. The molecule has 1 aromatic rings. The third kappa shape index (κ3) is 23.5. The van der Waals surface area contributed by atoms with E-state index in [1.54, 1.807) is 0 Å². The van der Waals surface area contributed by atoms with E-state index in [1.807, 2.05) is 41.5 Å². The molecule has 0 heterocycles. The number of carbonyl (C=O) groups excluding carboxylic acids is 3. The Morgan fingerprint density at radius 2 is 0.851 bits per heavy atom. The number of rotatable bonds is 18. The van der Waals surface area contributed by atoms with E-state index >= 15 is 0 Å². The van der Waals surface area contributed by atoms with Crippen LogP contribution in [0.1, 0.15) is 141 Å². The molecular formula is C37H63N3O6Ti. The first-order chi connectivity index (χ1) is 22.4. The van der Waals surface area contributed by atoms with Crippen molar-refractivity contribution in [2.45, 2.75) is 130 Å². The zero-order chi connectivity index (χ0) is 36.0. The van der Waals surface area contributed by atoms with E-state index in [4.69, 9.17) is 0 Å². The molecule has 0 fully saturated rings. The van der Waals surface area contributed by atoms with E-state index in [0.29, 0.717) is 43.5 Å². The van der Waals surface area contributed by atoms with Gasteiger partial charge >= 0.3 is 78.6 Å². The van der Waals surface area contributed by atoms with Gasteiger partial charge in [-0.05, 0) is 38.5 Å². The van der Waals surface area contributed by atoms with Crippen molar-refractivity contribution >= 4 is 24.4 Å². The molecule has 47 heavy (non-hydrogen) atoms. The van der Waals surface area contributed by atoms with Crippen LogP contribution in [-0.4, -0.2) is 72.2 Å². The fourth-order valence-corrected chi connectivity index (χ4v) is 5.00. The molecule has 10 heteroatoms. The smallest absolute Gasteiger partial charge is 0.136 e. The third-order valence-electron chi connectivity index (χ3n) is 7.61. The van der Waals surface area contributed by atoms with E-state index in [9.17, 15) is 29.7 Å². The zero-order valence-corrected chi connectivity index (χ0v) is 32.0. The minimum absolute atomic E-state index is 0.624. The number of amides is 3. The molecule has 0 N–H and O–H groups in total. The van der Waals surface area contributed by atoms with Crippen molar-refractivity contribution in [3.8, 4) is 0 Å². The van der Waals surface area contributed by atoms with Gasteiger partial charge in [-0.2, -0.15) is 0 Å². The predicted molar refractivity (Wildman–Crippen MR) is 183 cm³/mol. The van der Waals surface area contributed by atoms with Crippen LogP contribution >= 0.6 is 0 Å². The second-order valence-electron chi connectivity index (χ2n) is 11.8. The number of hydrogen-bond donors (Lipinski definition) is 0. The maximum atomic E-state index is 10.5. The largest absolute Gasteiger partial charge is 0.530 e. The minimum atomic E-state index is -1.03. The van der Waals surface area contributed by atoms with Gasteiger partial charge in [0.1, 0.15) is 18.3 Å². The quantitative estimate of drug-likeness (QED) is 0.164. The number of fused-ring (bicyclic) bond motifs is 1. The predicted octanol–water partition coefficient (Wildman–Crippen LogP) is 6.39. The molecule has 0 aliphatic heterocycles. The van der Waals surface area contributed by atoms with Crippen LogP contribution in [0.3, 0.4) is 0 Å². The Kier molecular flexibility index (Phi) is 30.5. The van der Waals surface area contributed by atoms with Gasteiger partial charge in [0.2, 0.25) is 0 Å². The van der Waals surface area contributed by atoms with Crippen LogP contribution in [0.4, 0.5) is 14.4 Å². The standard InChI is InChI=1S/C10H9.3C9H19NO2.Ti/c1-8-6-9-4-2-3-5-10(9)7-8;3*1-3-5-7-10(9(11)12)8-6-4-2;/h2-7H,1H3;3*3-8H2,1-2H3,(H,11,12);/q;;;;+3/p-3. The number of carboxylic acid groups (broad SMARTS) is 3. The van der Waals surface area contributed by atoms with Crippen molar-refractivity contribution in [3.05, 3.63) is 41.0 Å². The van der Waals surface area contributed by atoms with E-state index in [-0.39, 0.29) is 0 Å². The number of hydrogen-bond acceptors (Lipinski definition) is 6. The first-order valence-electron chi connectivity index (χ1n) is 17.8. The van der Waals surface area contributed by atoms with Crippen LogP contribution in [0, 0.1) is 0 Å². The van der Waals surface area contributed by atoms with Crippen LogP contribution in [0.25, 0.3) is 6.08 Å². The molecule has 2 rings (SSSR count). The second-order valence-corrected chi connectivity index (χ2v) is 12.7. The molecule has 0 spiro atoms. The molecule has 0 saturated heterocycles. The van der Waals surface area contributed by atoms with Gasteiger partial charge in [-0.3, -0.25) is 0 Å². The first-order valence-corrected chi connectivity index (χ1v) is 18.7. The molecule has 0 aromatic heterocycles. The Hall–Kier alpha value is -2.52. The number of unbranched alkanes of at least 4 members (excludes halogenated alkanes) is 6. The molecule has 0 saturated carbocycles. The normalized spacial score (nSPS) is 12.5. The SMILES string of the molecule is CC1=Cc2ccccc2[CH]1[Ti+3].CCCCN(CCCC)C(=O)[O-].CCCCN(CCCC)C(=O)[O-].CCCCN(CCCC)C(=O)[O-]. The topological polar surface area (TPSA) is 130 Å². The Morgan fingerprint density at radius 3 is 1.09 bits per heavy atom. The summed E-state index contributed by atoms with van der Waals surface area (Å²) in [6.07, 6.45) is 10.9. The summed E-state index contributed by atoms with van der Waals surface area (Å²) in [5.74, 6) is 0. The number of nitrogens with zero attached hydrogens (tertiary/aromatic N) is 3. The van der Waals surface area contributed by atoms with Gasteiger partial charge in [0.05, 0.1) is 0 Å². The molecule has 1 aliphatic rings. The van der Waals surface area contributed by atoms with Gasteiger partial charge in [0.25, 0.3) is 0 Å². The second kappa shape index (κ2) is 30.8. The third-order valence-corrected chi connectivity index (χ3v) is 8.81. The summed E-state index contributed by atoms with van der Waals surface area (Å²) in [6.45, 7) is 18.2. The molecule has 1 atom stereocenters. The molecule has 1 aliphatic carbocycles. The Balaban J connectivity index is 0. The fourth-order valence-electron chi connectivity index (χ4n) is 4.46. The Morgan fingerprint density at radius 1 is 0.574 bits per heavy atom. The number of allylic oxidation sites excluding steroid dienone is 1. The summed E-state index contributed by atoms with van der Waals surface area (Å²) in [5.41, 5.74) is 4.36. The molecule has 1 aromatic carbocycles. The summed E-state index contributed by atoms with van der Waals surface area (Å²) in [6, 6.07) is 8.61. The van der Waals surface area contributed by atoms with Gasteiger partial charge in [-0.25, -0.2) is 0 Å². The van der Waals surface area contributed by atoms with E-state index in [2.05, 4.69) is 57.7 Å². The maximum Gasteiger partial charge on any atom is 0.136 e. The molecule has 3 amide bonds. The van der Waals surface area contributed by atoms with E-state index < -0.39 is 18.3 Å². The van der Waals surface area contributed by atoms with E-state index in [0.717, 1.165) is 77.0 Å². The van der Waals surface area contributed by atoms with E-state index in [1.165, 1.54) is 31.4 Å². The average molecular weight is 694 g/mol. The Bertz CT molecular complexity index is 895. The molecule has 1 unspecified atom stereocenters. The van der Waals surface area contributed by atoms with Crippen molar-refractivity contribution in [1.29, 1.82) is 0 Å². The summed E-state index contributed by atoms with van der Waals surface area (Å²) in [5, 5.41) is 31.6. The first kappa shape index (κ1) is 46.6. The summed E-state index contributed by atoms with van der Waals surface area (Å²) in [4.78, 5) is 35.8. The van der Waals surface area contributed by atoms with Gasteiger partial charge in [-0.15, -0.1) is 0 Å². The number of carbonyl (C=O) groups is 3. The molecule has 0 radical (unpaired) electrons. The van der Waals surface area contributed by atoms with Crippen molar-refractivity contribution < 1.29 is 50.1 Å². The van der Waals surface area contributed by atoms with Gasteiger partial charge in [0.15, 0.2) is 0 Å². The van der Waals surface area contributed by atoms with Crippen LogP contribution in [0.15, 0.2) is 29.8 Å². The summed E-state index contributed by atoms with van der Waals surface area (Å²) in [7, 11) is 0. The molecular weight excluding hydrogens is 630 g/mol. The summed E-state index contributed by atoms with van der Waals surface area (Å²) >= 11 is 2.26. The van der Waals surface area contributed by atoms with Gasteiger partial charge in [0, 0.05) is 39.3 Å². The van der Waals surface area contributed by atoms with Crippen molar-refractivity contribution in [2.75, 3.05) is 39.3 Å². The van der Waals surface area contributed by atoms with Crippen molar-refractivity contribution in [2.24, 2.45) is 0 Å². The summed E-state index contributed by atoms with van der Waals surface area (Å²) < 4.78 is 0.631. The van der Waals surface area contributed by atoms with Crippen molar-refractivity contribution in [3.63, 3.8) is 0 Å². The van der Waals surface area contributed by atoms with Gasteiger partial charge in [-0.1, -0.05) is 80.1 Å². The number of benzene rings is 1.